The van der Waals surface area contributed by atoms with Crippen molar-refractivity contribution < 1.29 is 4.74 Å². The van der Waals surface area contributed by atoms with Gasteiger partial charge in [0.2, 0.25) is 0 Å². The predicted molar refractivity (Wildman–Crippen MR) is 52.5 cm³/mol. The maximum absolute atomic E-state index is 5.53. The highest BCUT2D eigenvalue weighted by molar-refractivity contribution is 5.30. The lowest BCUT2D eigenvalue weighted by Gasteiger charge is -2.30. The number of nitrogens with zero attached hydrogens (tertiary/aromatic N) is 1. The molecule has 0 aromatic heterocycles. The van der Waals surface area contributed by atoms with Gasteiger partial charge in [0.25, 0.3) is 0 Å². The van der Waals surface area contributed by atoms with Gasteiger partial charge in [0, 0.05) is 0 Å². The molecule has 1 heterocycles. The van der Waals surface area contributed by atoms with E-state index in [9.17, 15) is 0 Å². The van der Waals surface area contributed by atoms with E-state index in [-0.39, 0.29) is 0 Å². The second-order valence-electron chi connectivity index (χ2n) is 3.69. The summed E-state index contributed by atoms with van der Waals surface area (Å²) in [6, 6.07) is 8.93. The molecule has 1 unspecified atom stereocenters. The molecule has 2 rings (SSSR count). The quantitative estimate of drug-likeness (QED) is 0.648. The number of hydrogen-bond donors (Lipinski definition) is 0. The molecule has 0 amide bonds. The Balaban J connectivity index is 2.37. The Morgan fingerprint density at radius 1 is 1.31 bits per heavy atom. The van der Waals surface area contributed by atoms with Crippen molar-refractivity contribution in [3.8, 4) is 0 Å². The zero-order valence-corrected chi connectivity index (χ0v) is 8.16. The standard InChI is InChI=1S/C11H15NO/c1-12(2)11-8-13-7-9-5-3-4-6-10(9)11/h3-6,11H,7-8H2,1-2H3. The molecule has 1 aromatic rings. The van der Waals surface area contributed by atoms with Crippen LogP contribution in [0.4, 0.5) is 0 Å². The van der Waals surface area contributed by atoms with E-state index in [4.69, 9.17) is 4.74 Å². The molecule has 13 heavy (non-hydrogen) atoms. The zero-order valence-electron chi connectivity index (χ0n) is 8.16. The molecule has 1 aliphatic rings. The lowest BCUT2D eigenvalue weighted by Crippen LogP contribution is -2.28. The molecule has 1 aliphatic heterocycles. The Bertz CT molecular complexity index is 296. The van der Waals surface area contributed by atoms with Crippen LogP contribution in [0.1, 0.15) is 17.2 Å². The number of benzene rings is 1. The summed E-state index contributed by atoms with van der Waals surface area (Å²) in [7, 11) is 4.19. The first kappa shape index (κ1) is 8.73. The van der Waals surface area contributed by atoms with Crippen molar-refractivity contribution in [1.82, 2.24) is 4.90 Å². The van der Waals surface area contributed by atoms with Gasteiger partial charge in [0.1, 0.15) is 0 Å². The third-order valence-electron chi connectivity index (χ3n) is 2.57. The van der Waals surface area contributed by atoms with Crippen molar-refractivity contribution in [2.24, 2.45) is 0 Å². The topological polar surface area (TPSA) is 12.5 Å². The smallest absolute Gasteiger partial charge is 0.0721 e. The lowest BCUT2D eigenvalue weighted by molar-refractivity contribution is 0.0506. The third-order valence-corrected chi connectivity index (χ3v) is 2.57. The highest BCUT2D eigenvalue weighted by atomic mass is 16.5. The Morgan fingerprint density at radius 3 is 2.85 bits per heavy atom. The molecule has 0 aliphatic carbocycles. The van der Waals surface area contributed by atoms with Crippen LogP contribution in [-0.4, -0.2) is 25.6 Å². The Labute approximate surface area is 79.1 Å². The van der Waals surface area contributed by atoms with E-state index in [0.29, 0.717) is 6.04 Å². The largest absolute Gasteiger partial charge is 0.375 e. The molecule has 0 radical (unpaired) electrons. The van der Waals surface area contributed by atoms with Crippen molar-refractivity contribution in [3.05, 3.63) is 35.4 Å². The van der Waals surface area contributed by atoms with Crippen LogP contribution in [0, 0.1) is 0 Å². The van der Waals surface area contributed by atoms with Crippen molar-refractivity contribution >= 4 is 0 Å². The molecular formula is C11H15NO. The van der Waals surface area contributed by atoms with Crippen LogP contribution in [0.5, 0.6) is 0 Å². The van der Waals surface area contributed by atoms with Gasteiger partial charge in [-0.2, -0.15) is 0 Å². The van der Waals surface area contributed by atoms with Crippen molar-refractivity contribution in [3.63, 3.8) is 0 Å². The minimum Gasteiger partial charge on any atom is -0.375 e. The minimum absolute atomic E-state index is 0.421. The molecule has 2 heteroatoms. The minimum atomic E-state index is 0.421. The number of rotatable bonds is 1. The first-order valence-electron chi connectivity index (χ1n) is 4.61. The number of fused-ring (bicyclic) bond motifs is 1. The Morgan fingerprint density at radius 2 is 2.08 bits per heavy atom. The molecule has 0 N–H and O–H groups in total. The van der Waals surface area contributed by atoms with Crippen LogP contribution in [0.3, 0.4) is 0 Å². The predicted octanol–water partition coefficient (Wildman–Crippen LogP) is 1.82. The van der Waals surface area contributed by atoms with E-state index in [2.05, 4.69) is 43.3 Å². The fourth-order valence-corrected chi connectivity index (χ4v) is 1.79. The van der Waals surface area contributed by atoms with Gasteiger partial charge < -0.3 is 9.64 Å². The maximum Gasteiger partial charge on any atom is 0.0721 e. The Kier molecular flexibility index (Phi) is 2.34. The number of ether oxygens (including phenoxy) is 1. The van der Waals surface area contributed by atoms with Gasteiger partial charge in [-0.15, -0.1) is 0 Å². The average molecular weight is 177 g/mol. The van der Waals surface area contributed by atoms with Gasteiger partial charge in [-0.3, -0.25) is 0 Å². The van der Waals surface area contributed by atoms with E-state index in [1.54, 1.807) is 0 Å². The summed E-state index contributed by atoms with van der Waals surface area (Å²) < 4.78 is 5.53. The summed E-state index contributed by atoms with van der Waals surface area (Å²) in [4.78, 5) is 2.21. The van der Waals surface area contributed by atoms with Crippen molar-refractivity contribution in [2.75, 3.05) is 20.7 Å². The summed E-state index contributed by atoms with van der Waals surface area (Å²) in [5, 5.41) is 0. The molecule has 0 bridgehead atoms. The first-order chi connectivity index (χ1) is 6.29. The fraction of sp³-hybridized carbons (Fsp3) is 0.455. The van der Waals surface area contributed by atoms with Crippen LogP contribution < -0.4 is 0 Å². The second kappa shape index (κ2) is 3.48. The summed E-state index contributed by atoms with van der Waals surface area (Å²) >= 11 is 0. The summed E-state index contributed by atoms with van der Waals surface area (Å²) in [5.74, 6) is 0. The second-order valence-corrected chi connectivity index (χ2v) is 3.69. The number of likely N-dealkylation sites (N-methyl/N-ethyl adjacent to an activating group) is 1. The van der Waals surface area contributed by atoms with Gasteiger partial charge in [0.05, 0.1) is 19.3 Å². The zero-order chi connectivity index (χ0) is 9.26. The van der Waals surface area contributed by atoms with Crippen LogP contribution in [-0.2, 0) is 11.3 Å². The molecule has 1 aromatic carbocycles. The van der Waals surface area contributed by atoms with Crippen LogP contribution in [0.25, 0.3) is 0 Å². The summed E-state index contributed by atoms with van der Waals surface area (Å²) in [6.45, 7) is 1.57. The SMILES string of the molecule is CN(C)C1COCc2ccccc21. The molecule has 2 nitrogen and oxygen atoms in total. The van der Waals surface area contributed by atoms with Crippen LogP contribution in [0.2, 0.25) is 0 Å². The highest BCUT2D eigenvalue weighted by Crippen LogP contribution is 2.27. The monoisotopic (exact) mass is 177 g/mol. The van der Waals surface area contributed by atoms with Crippen LogP contribution in [0.15, 0.2) is 24.3 Å². The summed E-state index contributed by atoms with van der Waals surface area (Å²) in [6.07, 6.45) is 0. The van der Waals surface area contributed by atoms with Gasteiger partial charge >= 0.3 is 0 Å². The van der Waals surface area contributed by atoms with E-state index in [1.165, 1.54) is 11.1 Å². The van der Waals surface area contributed by atoms with Gasteiger partial charge in [0.15, 0.2) is 0 Å². The molecule has 70 valence electrons. The summed E-state index contributed by atoms with van der Waals surface area (Å²) in [5.41, 5.74) is 2.74. The fourth-order valence-electron chi connectivity index (χ4n) is 1.79. The van der Waals surface area contributed by atoms with E-state index < -0.39 is 0 Å². The normalized spacial score (nSPS) is 21.6. The van der Waals surface area contributed by atoms with Gasteiger partial charge in [-0.1, -0.05) is 24.3 Å². The number of hydrogen-bond acceptors (Lipinski definition) is 2. The molecule has 0 saturated carbocycles. The Hall–Kier alpha value is -0.860. The molecule has 0 saturated heterocycles. The van der Waals surface area contributed by atoms with Crippen molar-refractivity contribution in [2.45, 2.75) is 12.6 Å². The molecular weight excluding hydrogens is 162 g/mol. The molecule has 0 fully saturated rings. The van der Waals surface area contributed by atoms with E-state index in [1.807, 2.05) is 0 Å². The van der Waals surface area contributed by atoms with Crippen LogP contribution >= 0.6 is 0 Å². The van der Waals surface area contributed by atoms with E-state index in [0.717, 1.165) is 13.2 Å². The maximum atomic E-state index is 5.53. The molecule has 1 atom stereocenters. The lowest BCUT2D eigenvalue weighted by atomic mass is 9.98. The third kappa shape index (κ3) is 1.60. The highest BCUT2D eigenvalue weighted by Gasteiger charge is 2.21. The first-order valence-corrected chi connectivity index (χ1v) is 4.61. The molecule has 0 spiro atoms. The van der Waals surface area contributed by atoms with Gasteiger partial charge in [-0.05, 0) is 25.2 Å². The van der Waals surface area contributed by atoms with E-state index >= 15 is 0 Å². The van der Waals surface area contributed by atoms with Crippen molar-refractivity contribution in [1.29, 1.82) is 0 Å². The average Bonchev–Trinajstić information content (AvgIpc) is 2.17. The van der Waals surface area contributed by atoms with Gasteiger partial charge in [-0.25, -0.2) is 0 Å².